The van der Waals surface area contributed by atoms with Crippen molar-refractivity contribution in [2.75, 3.05) is 13.1 Å². The van der Waals surface area contributed by atoms with Crippen molar-refractivity contribution in [3.63, 3.8) is 0 Å². The molecule has 1 atom stereocenters. The fraction of sp³-hybridized carbons (Fsp3) is 0.692. The summed E-state index contributed by atoms with van der Waals surface area (Å²) in [7, 11) is 0. The molecule has 18 heavy (non-hydrogen) atoms. The Kier molecular flexibility index (Phi) is 4.35. The lowest BCUT2D eigenvalue weighted by atomic mass is 9.77. The van der Waals surface area contributed by atoms with E-state index in [1.54, 1.807) is 11.3 Å². The zero-order valence-electron chi connectivity index (χ0n) is 11.1. The summed E-state index contributed by atoms with van der Waals surface area (Å²) >= 11 is 1.64. The summed E-state index contributed by atoms with van der Waals surface area (Å²) < 4.78 is 0. The van der Waals surface area contributed by atoms with E-state index in [2.05, 4.69) is 22.5 Å². The van der Waals surface area contributed by atoms with Crippen molar-refractivity contribution < 1.29 is 4.79 Å². The molecule has 0 aliphatic carbocycles. The second kappa shape index (κ2) is 5.80. The van der Waals surface area contributed by atoms with Gasteiger partial charge in [-0.3, -0.25) is 4.79 Å². The fourth-order valence-corrected chi connectivity index (χ4v) is 3.20. The molecule has 1 fully saturated rings. The number of carbonyl (C=O) groups excluding carboxylic acids is 1. The van der Waals surface area contributed by atoms with Gasteiger partial charge in [-0.15, -0.1) is 11.3 Å². The molecular formula is C13H21N3OS. The highest BCUT2D eigenvalue weighted by Gasteiger charge is 2.37. The zero-order valence-corrected chi connectivity index (χ0v) is 11.9. The number of amides is 1. The molecule has 1 aromatic heterocycles. The summed E-state index contributed by atoms with van der Waals surface area (Å²) in [5.74, 6) is 0.184. The van der Waals surface area contributed by atoms with E-state index < -0.39 is 0 Å². The number of nitrogens with one attached hydrogen (secondary N) is 2. The Morgan fingerprint density at radius 2 is 2.50 bits per heavy atom. The highest BCUT2D eigenvalue weighted by Crippen LogP contribution is 2.30. The maximum Gasteiger partial charge on any atom is 0.227 e. The first-order valence-electron chi connectivity index (χ1n) is 6.56. The average molecular weight is 267 g/mol. The van der Waals surface area contributed by atoms with E-state index in [1.807, 2.05) is 13.1 Å². The highest BCUT2D eigenvalue weighted by molar-refractivity contribution is 7.11. The molecule has 0 saturated carbocycles. The molecule has 1 aliphatic heterocycles. The number of hydrogen-bond acceptors (Lipinski definition) is 4. The molecule has 1 aliphatic rings. The number of piperidine rings is 1. The number of thiazole rings is 1. The second-order valence-electron chi connectivity index (χ2n) is 4.94. The SMILES string of the molecule is CCC1(C(=O)NCc2cnc(C)s2)CCCNC1. The summed E-state index contributed by atoms with van der Waals surface area (Å²) in [5, 5.41) is 7.45. The minimum absolute atomic E-state index is 0.184. The quantitative estimate of drug-likeness (QED) is 0.875. The molecule has 1 saturated heterocycles. The Morgan fingerprint density at radius 1 is 1.67 bits per heavy atom. The van der Waals surface area contributed by atoms with Gasteiger partial charge in [0.25, 0.3) is 0 Å². The largest absolute Gasteiger partial charge is 0.351 e. The van der Waals surface area contributed by atoms with E-state index in [1.165, 1.54) is 0 Å². The minimum atomic E-state index is -0.210. The molecule has 1 amide bonds. The molecule has 1 aromatic rings. The van der Waals surface area contributed by atoms with Crippen LogP contribution in [-0.2, 0) is 11.3 Å². The molecule has 0 spiro atoms. The molecule has 1 unspecified atom stereocenters. The maximum absolute atomic E-state index is 12.4. The van der Waals surface area contributed by atoms with Crippen LogP contribution in [0.4, 0.5) is 0 Å². The van der Waals surface area contributed by atoms with Crippen LogP contribution in [-0.4, -0.2) is 24.0 Å². The number of aromatic nitrogens is 1. The Morgan fingerprint density at radius 3 is 3.06 bits per heavy atom. The summed E-state index contributed by atoms with van der Waals surface area (Å²) in [6, 6.07) is 0. The summed E-state index contributed by atoms with van der Waals surface area (Å²) in [6.07, 6.45) is 4.82. The summed E-state index contributed by atoms with van der Waals surface area (Å²) in [6.45, 7) is 6.52. The van der Waals surface area contributed by atoms with Crippen molar-refractivity contribution in [2.45, 2.75) is 39.7 Å². The van der Waals surface area contributed by atoms with Gasteiger partial charge in [-0.05, 0) is 32.7 Å². The van der Waals surface area contributed by atoms with E-state index in [-0.39, 0.29) is 11.3 Å². The lowest BCUT2D eigenvalue weighted by molar-refractivity contribution is -0.132. The van der Waals surface area contributed by atoms with Crippen LogP contribution < -0.4 is 10.6 Å². The first-order valence-corrected chi connectivity index (χ1v) is 7.38. The number of rotatable bonds is 4. The fourth-order valence-electron chi connectivity index (χ4n) is 2.47. The van der Waals surface area contributed by atoms with E-state index in [9.17, 15) is 4.79 Å². The van der Waals surface area contributed by atoms with Gasteiger partial charge in [-0.1, -0.05) is 6.92 Å². The molecule has 100 valence electrons. The van der Waals surface area contributed by atoms with Crippen LogP contribution in [0.1, 0.15) is 36.1 Å². The summed E-state index contributed by atoms with van der Waals surface area (Å²) in [5.41, 5.74) is -0.210. The van der Waals surface area contributed by atoms with Gasteiger partial charge < -0.3 is 10.6 Å². The van der Waals surface area contributed by atoms with Crippen LogP contribution in [0.15, 0.2) is 6.20 Å². The monoisotopic (exact) mass is 267 g/mol. The average Bonchev–Trinajstić information content (AvgIpc) is 2.82. The summed E-state index contributed by atoms with van der Waals surface area (Å²) in [4.78, 5) is 17.7. The predicted molar refractivity (Wildman–Crippen MR) is 73.5 cm³/mol. The number of carbonyl (C=O) groups is 1. The molecule has 5 heteroatoms. The Hall–Kier alpha value is -0.940. The van der Waals surface area contributed by atoms with Crippen molar-refractivity contribution in [1.29, 1.82) is 0 Å². The van der Waals surface area contributed by atoms with Crippen molar-refractivity contribution in [3.8, 4) is 0 Å². The van der Waals surface area contributed by atoms with Crippen LogP contribution >= 0.6 is 11.3 Å². The van der Waals surface area contributed by atoms with Gasteiger partial charge in [0.05, 0.1) is 17.0 Å². The van der Waals surface area contributed by atoms with Gasteiger partial charge in [0.1, 0.15) is 0 Å². The third kappa shape index (κ3) is 2.90. The van der Waals surface area contributed by atoms with Gasteiger partial charge in [-0.25, -0.2) is 4.98 Å². The van der Waals surface area contributed by atoms with Crippen LogP contribution in [0.2, 0.25) is 0 Å². The number of hydrogen-bond donors (Lipinski definition) is 2. The van der Waals surface area contributed by atoms with Crippen molar-refractivity contribution in [3.05, 3.63) is 16.1 Å². The first kappa shape index (κ1) is 13.5. The minimum Gasteiger partial charge on any atom is -0.351 e. The molecule has 0 radical (unpaired) electrons. The van der Waals surface area contributed by atoms with Gasteiger partial charge in [-0.2, -0.15) is 0 Å². The van der Waals surface area contributed by atoms with Crippen LogP contribution in [0.3, 0.4) is 0 Å². The third-order valence-corrected chi connectivity index (χ3v) is 4.64. The normalized spacial score (nSPS) is 23.9. The van der Waals surface area contributed by atoms with E-state index in [0.717, 1.165) is 42.2 Å². The number of nitrogens with zero attached hydrogens (tertiary/aromatic N) is 1. The van der Waals surface area contributed by atoms with Gasteiger partial charge >= 0.3 is 0 Å². The first-order chi connectivity index (χ1) is 8.66. The van der Waals surface area contributed by atoms with Gasteiger partial charge in [0, 0.05) is 17.6 Å². The number of aryl methyl sites for hydroxylation is 1. The molecular weight excluding hydrogens is 246 g/mol. The molecule has 2 rings (SSSR count). The molecule has 0 bridgehead atoms. The Bertz CT molecular complexity index is 410. The molecule has 2 N–H and O–H groups in total. The molecule has 4 nitrogen and oxygen atoms in total. The van der Waals surface area contributed by atoms with Crippen molar-refractivity contribution in [2.24, 2.45) is 5.41 Å². The molecule has 2 heterocycles. The van der Waals surface area contributed by atoms with E-state index in [0.29, 0.717) is 6.54 Å². The van der Waals surface area contributed by atoms with Crippen LogP contribution in [0, 0.1) is 12.3 Å². The van der Waals surface area contributed by atoms with Gasteiger partial charge in [0.15, 0.2) is 0 Å². The lowest BCUT2D eigenvalue weighted by Gasteiger charge is -2.35. The van der Waals surface area contributed by atoms with Gasteiger partial charge in [0.2, 0.25) is 5.91 Å². The topological polar surface area (TPSA) is 54.0 Å². The van der Waals surface area contributed by atoms with E-state index >= 15 is 0 Å². The van der Waals surface area contributed by atoms with E-state index in [4.69, 9.17) is 0 Å². The van der Waals surface area contributed by atoms with Crippen molar-refractivity contribution >= 4 is 17.2 Å². The predicted octanol–water partition coefficient (Wildman–Crippen LogP) is 1.85. The highest BCUT2D eigenvalue weighted by atomic mass is 32.1. The molecule has 0 aromatic carbocycles. The van der Waals surface area contributed by atoms with Crippen LogP contribution in [0.5, 0.6) is 0 Å². The lowest BCUT2D eigenvalue weighted by Crippen LogP contribution is -2.49. The Labute approximate surface area is 112 Å². The zero-order chi connectivity index (χ0) is 13.0. The van der Waals surface area contributed by atoms with Crippen molar-refractivity contribution in [1.82, 2.24) is 15.6 Å². The van der Waals surface area contributed by atoms with Crippen LogP contribution in [0.25, 0.3) is 0 Å². The Balaban J connectivity index is 1.93. The maximum atomic E-state index is 12.4. The smallest absolute Gasteiger partial charge is 0.227 e. The standard InChI is InChI=1S/C13H21N3OS/c1-3-13(5-4-6-14-9-13)12(17)16-8-11-7-15-10(2)18-11/h7,14H,3-6,8-9H2,1-2H3,(H,16,17). The third-order valence-electron chi connectivity index (χ3n) is 3.72. The second-order valence-corrected chi connectivity index (χ2v) is 6.26.